The molecule has 0 aliphatic carbocycles. The molecule has 1 N–H and O–H groups in total. The van der Waals surface area contributed by atoms with Crippen LogP contribution in [0.1, 0.15) is 11.1 Å². The highest BCUT2D eigenvalue weighted by Crippen LogP contribution is 2.29. The number of pyridine rings is 1. The van der Waals surface area contributed by atoms with E-state index in [0.29, 0.717) is 11.6 Å². The molecule has 0 spiro atoms. The second kappa shape index (κ2) is 7.68. The van der Waals surface area contributed by atoms with E-state index in [1.54, 1.807) is 0 Å². The molecule has 0 radical (unpaired) electrons. The summed E-state index contributed by atoms with van der Waals surface area (Å²) in [6, 6.07) is 25.9. The minimum Gasteiger partial charge on any atom is -0.489 e. The molecule has 4 rings (SSSR count). The van der Waals surface area contributed by atoms with E-state index in [1.807, 2.05) is 73.7 Å². The zero-order valence-corrected chi connectivity index (χ0v) is 15.7. The summed E-state index contributed by atoms with van der Waals surface area (Å²) in [6.45, 7) is 2.58. The first-order valence-electron chi connectivity index (χ1n) is 8.79. The molecule has 1 heterocycles. The van der Waals surface area contributed by atoms with Gasteiger partial charge in [0.25, 0.3) is 0 Å². The summed E-state index contributed by atoms with van der Waals surface area (Å²) in [4.78, 5) is 4.65. The summed E-state index contributed by atoms with van der Waals surface area (Å²) in [7, 11) is 0. The van der Waals surface area contributed by atoms with E-state index in [4.69, 9.17) is 16.3 Å². The van der Waals surface area contributed by atoms with E-state index in [0.717, 1.165) is 39.3 Å². The molecule has 0 aliphatic heterocycles. The molecule has 3 nitrogen and oxygen atoms in total. The van der Waals surface area contributed by atoms with Gasteiger partial charge in [-0.05, 0) is 42.8 Å². The molecule has 0 fully saturated rings. The zero-order valence-electron chi connectivity index (χ0n) is 14.9. The second-order valence-electron chi connectivity index (χ2n) is 6.34. The Hall–Kier alpha value is -3.04. The Morgan fingerprint density at radius 1 is 0.889 bits per heavy atom. The molecule has 0 atom stereocenters. The average molecular weight is 375 g/mol. The first kappa shape index (κ1) is 17.4. The summed E-state index contributed by atoms with van der Waals surface area (Å²) < 4.78 is 6.01. The highest BCUT2D eigenvalue weighted by molar-refractivity contribution is 6.35. The highest BCUT2D eigenvalue weighted by Gasteiger charge is 2.08. The smallest absolute Gasteiger partial charge is 0.131 e. The number of hydrogen-bond donors (Lipinski definition) is 1. The molecule has 0 aliphatic rings. The van der Waals surface area contributed by atoms with E-state index < -0.39 is 0 Å². The molecule has 0 saturated heterocycles. The molecule has 0 unspecified atom stereocenters. The number of fused-ring (bicyclic) bond motifs is 1. The molecule has 27 heavy (non-hydrogen) atoms. The third-order valence-corrected chi connectivity index (χ3v) is 4.76. The lowest BCUT2D eigenvalue weighted by atomic mass is 10.1. The third kappa shape index (κ3) is 3.88. The zero-order chi connectivity index (χ0) is 18.6. The fourth-order valence-electron chi connectivity index (χ4n) is 2.96. The van der Waals surface area contributed by atoms with Crippen molar-refractivity contribution in [1.29, 1.82) is 0 Å². The number of nitrogens with one attached hydrogen (secondary N) is 1. The Balaban J connectivity index is 1.56. The van der Waals surface area contributed by atoms with Crippen molar-refractivity contribution < 1.29 is 4.74 Å². The van der Waals surface area contributed by atoms with Crippen molar-refractivity contribution in [3.8, 4) is 5.75 Å². The van der Waals surface area contributed by atoms with Crippen LogP contribution < -0.4 is 10.1 Å². The van der Waals surface area contributed by atoms with Gasteiger partial charge in [-0.2, -0.15) is 0 Å². The van der Waals surface area contributed by atoms with Gasteiger partial charge in [0, 0.05) is 16.6 Å². The topological polar surface area (TPSA) is 34.2 Å². The van der Waals surface area contributed by atoms with Crippen molar-refractivity contribution in [3.63, 3.8) is 0 Å². The number of rotatable bonds is 5. The van der Waals surface area contributed by atoms with Gasteiger partial charge in [0.05, 0.1) is 10.5 Å². The number of aromatic nitrogens is 1. The molecule has 0 bridgehead atoms. The quantitative estimate of drug-likeness (QED) is 0.431. The number of halogens is 1. The standard InChI is InChI=1S/C23H19ClN2O/c1-16-20(11-6-12-21(16)27-15-17-7-3-2-4-8-17)25-22-14-13-18-9-5-10-19(24)23(18)26-22/h2-14H,15H2,1H3,(H,25,26). The first-order chi connectivity index (χ1) is 13.2. The van der Waals surface area contributed by atoms with Crippen LogP contribution in [-0.4, -0.2) is 4.98 Å². The second-order valence-corrected chi connectivity index (χ2v) is 6.74. The number of para-hydroxylation sites is 1. The number of nitrogens with zero attached hydrogens (tertiary/aromatic N) is 1. The SMILES string of the molecule is Cc1c(Nc2ccc3cccc(Cl)c3n2)cccc1OCc1ccccc1. The normalized spacial score (nSPS) is 10.7. The minimum atomic E-state index is 0.537. The number of benzene rings is 3. The molecule has 0 saturated carbocycles. The van der Waals surface area contributed by atoms with E-state index in [2.05, 4.69) is 22.4 Å². The lowest BCUT2D eigenvalue weighted by molar-refractivity contribution is 0.304. The van der Waals surface area contributed by atoms with Gasteiger partial charge in [-0.1, -0.05) is 60.1 Å². The largest absolute Gasteiger partial charge is 0.489 e. The maximum Gasteiger partial charge on any atom is 0.131 e. The number of anilines is 2. The van der Waals surface area contributed by atoms with E-state index in [1.165, 1.54) is 0 Å². The summed E-state index contributed by atoms with van der Waals surface area (Å²) in [5, 5.41) is 5.04. The van der Waals surface area contributed by atoms with Crippen molar-refractivity contribution in [2.24, 2.45) is 0 Å². The lowest BCUT2D eigenvalue weighted by Gasteiger charge is -2.14. The molecule has 4 heteroatoms. The van der Waals surface area contributed by atoms with Gasteiger partial charge in [-0.3, -0.25) is 0 Å². The van der Waals surface area contributed by atoms with Gasteiger partial charge < -0.3 is 10.1 Å². The van der Waals surface area contributed by atoms with Crippen LogP contribution in [0.15, 0.2) is 78.9 Å². The monoisotopic (exact) mass is 374 g/mol. The Kier molecular flexibility index (Phi) is 4.95. The van der Waals surface area contributed by atoms with E-state index in [-0.39, 0.29) is 0 Å². The molecule has 3 aromatic carbocycles. The number of hydrogen-bond acceptors (Lipinski definition) is 3. The van der Waals surface area contributed by atoms with Gasteiger partial charge in [-0.15, -0.1) is 0 Å². The van der Waals surface area contributed by atoms with Crippen LogP contribution in [0.4, 0.5) is 11.5 Å². The molecule has 1 aromatic heterocycles. The predicted octanol–water partition coefficient (Wildman–Crippen LogP) is 6.52. The van der Waals surface area contributed by atoms with Crippen LogP contribution in [-0.2, 0) is 6.61 Å². The highest BCUT2D eigenvalue weighted by atomic mass is 35.5. The summed E-state index contributed by atoms with van der Waals surface area (Å²) >= 11 is 6.28. The van der Waals surface area contributed by atoms with Crippen LogP contribution in [0.2, 0.25) is 5.02 Å². The molecule has 0 amide bonds. The van der Waals surface area contributed by atoms with Crippen LogP contribution in [0.3, 0.4) is 0 Å². The Morgan fingerprint density at radius 2 is 1.70 bits per heavy atom. The Labute approximate surface area is 163 Å². The maximum absolute atomic E-state index is 6.28. The van der Waals surface area contributed by atoms with Crippen LogP contribution >= 0.6 is 11.6 Å². The first-order valence-corrected chi connectivity index (χ1v) is 9.17. The van der Waals surface area contributed by atoms with E-state index in [9.17, 15) is 0 Å². The van der Waals surface area contributed by atoms with Crippen molar-refractivity contribution in [2.75, 3.05) is 5.32 Å². The van der Waals surface area contributed by atoms with Crippen LogP contribution in [0.5, 0.6) is 5.75 Å². The minimum absolute atomic E-state index is 0.537. The van der Waals surface area contributed by atoms with E-state index >= 15 is 0 Å². The Bertz CT molecular complexity index is 1080. The van der Waals surface area contributed by atoms with Crippen molar-refractivity contribution in [3.05, 3.63) is 95.0 Å². The molecular weight excluding hydrogens is 356 g/mol. The lowest BCUT2D eigenvalue weighted by Crippen LogP contribution is -2.00. The van der Waals surface area contributed by atoms with Gasteiger partial charge in [0.2, 0.25) is 0 Å². The van der Waals surface area contributed by atoms with Crippen LogP contribution in [0, 0.1) is 6.92 Å². The van der Waals surface area contributed by atoms with Gasteiger partial charge >= 0.3 is 0 Å². The van der Waals surface area contributed by atoms with Crippen LogP contribution in [0.25, 0.3) is 10.9 Å². The van der Waals surface area contributed by atoms with Crippen molar-refractivity contribution >= 4 is 34.0 Å². The summed E-state index contributed by atoms with van der Waals surface area (Å²) in [5.74, 6) is 1.60. The van der Waals surface area contributed by atoms with Crippen molar-refractivity contribution in [2.45, 2.75) is 13.5 Å². The third-order valence-electron chi connectivity index (χ3n) is 4.46. The maximum atomic E-state index is 6.28. The fourth-order valence-corrected chi connectivity index (χ4v) is 3.18. The Morgan fingerprint density at radius 3 is 2.56 bits per heavy atom. The molecular formula is C23H19ClN2O. The van der Waals surface area contributed by atoms with Crippen molar-refractivity contribution in [1.82, 2.24) is 4.98 Å². The summed E-state index contributed by atoms with van der Waals surface area (Å²) in [6.07, 6.45) is 0. The number of ether oxygens (including phenoxy) is 1. The van der Waals surface area contributed by atoms with Gasteiger partial charge in [-0.25, -0.2) is 4.98 Å². The average Bonchev–Trinajstić information content (AvgIpc) is 2.70. The molecule has 4 aromatic rings. The molecule has 134 valence electrons. The van der Waals surface area contributed by atoms with Gasteiger partial charge in [0.1, 0.15) is 18.2 Å². The predicted molar refractivity (Wildman–Crippen MR) is 112 cm³/mol. The van der Waals surface area contributed by atoms with Gasteiger partial charge in [0.15, 0.2) is 0 Å². The fraction of sp³-hybridized carbons (Fsp3) is 0.0870. The summed E-state index contributed by atoms with van der Waals surface area (Å²) in [5.41, 5.74) is 3.92.